The maximum atomic E-state index is 13.5. The second-order valence-electron chi connectivity index (χ2n) is 36.5. The Hall–Kier alpha value is -6.57. The minimum atomic E-state index is -1.02. The summed E-state index contributed by atoms with van der Waals surface area (Å²) < 4.78 is 27.9. The molecule has 0 heterocycles. The number of aromatic hydroxyl groups is 4. The Labute approximate surface area is 610 Å². The molecule has 0 aromatic heterocycles. The number of hydrogen-bond acceptors (Lipinski definition) is 14. The number of unbranched alkanes of at least 4 members (excludes halogenated alkanes) is 14. The number of carbonyl (C=O) groups is 5. The Balaban J connectivity index is 0.000000572. The summed E-state index contributed by atoms with van der Waals surface area (Å²) in [4.78, 5) is 65.0. The van der Waals surface area contributed by atoms with Crippen molar-refractivity contribution in [3.63, 3.8) is 0 Å². The van der Waals surface area contributed by atoms with Gasteiger partial charge in [-0.2, -0.15) is 0 Å². The Morgan fingerprint density at radius 1 is 0.287 bits per heavy atom. The number of hydrogen-bond donors (Lipinski definition) is 4. The van der Waals surface area contributed by atoms with E-state index in [1.165, 1.54) is 77.0 Å². The number of phenolic OH excluding ortho intramolecular Hbond substituents is 4. The molecule has 4 aromatic carbocycles. The normalized spacial score (nSPS) is 12.9. The van der Waals surface area contributed by atoms with Crippen molar-refractivity contribution in [2.45, 2.75) is 351 Å². The largest absolute Gasteiger partial charge is 0.507 e. The van der Waals surface area contributed by atoms with Crippen LogP contribution in [0.1, 0.15) is 343 Å². The van der Waals surface area contributed by atoms with E-state index in [4.69, 9.17) is 23.7 Å². The summed E-state index contributed by atoms with van der Waals surface area (Å²) in [6.45, 7) is 50.1. The van der Waals surface area contributed by atoms with E-state index in [-0.39, 0.29) is 131 Å². The second-order valence-corrected chi connectivity index (χ2v) is 36.5. The average Bonchev–Trinajstić information content (AvgIpc) is 0.806. The van der Waals surface area contributed by atoms with Gasteiger partial charge < -0.3 is 44.1 Å². The summed E-state index contributed by atoms with van der Waals surface area (Å²) in [5.41, 5.74) is 6.39. The molecule has 4 rings (SSSR count). The predicted molar refractivity (Wildman–Crippen MR) is 410 cm³/mol. The van der Waals surface area contributed by atoms with E-state index >= 15 is 0 Å². The van der Waals surface area contributed by atoms with E-state index in [9.17, 15) is 44.4 Å². The number of benzene rings is 4. The number of carbonyl (C=O) groups excluding carboxylic acids is 5. The maximum absolute atomic E-state index is 13.5. The summed E-state index contributed by atoms with van der Waals surface area (Å²) in [6, 6.07) is 14.8. The smallest absolute Gasteiger partial charge is 0.310 e. The van der Waals surface area contributed by atoms with Crippen molar-refractivity contribution in [2.24, 2.45) is 0 Å². The molecule has 0 amide bonds. The van der Waals surface area contributed by atoms with Crippen molar-refractivity contribution in [2.75, 3.05) is 26.4 Å². The topological polar surface area (TPSA) is 212 Å². The Morgan fingerprint density at radius 3 is 0.713 bits per heavy atom. The standard InChI is InChI=1S/C53H86O8.C34H50O6/c1-14-15-16-17-18-19-20-21-22-23-24-25-26-27-28-29-45(54)59-36-40(61-47(56)35-39-32-43(52(8,9)10)49(58)44(33-39)53(11,12)13)37-60-46(55)34-38-30-41(50(2,3)4)48(57)42(31-38)51(5,6)7;1-31(2,3)23-15-21(16-24(29(23)37)32(4,5)6)19-27(35)39-13-14-40-28(36)20-22-17-25(33(7,8)9)30(38)26(18-22)34(10,11)12/h30-33,40,57-58H,14-29,34-37H2,1-13H3;15-18,37-38H,13-14,19-20H2,1-12H3. The molecule has 568 valence electrons. The molecule has 0 aliphatic rings. The number of rotatable bonds is 32. The van der Waals surface area contributed by atoms with Crippen LogP contribution in [0, 0.1) is 0 Å². The highest BCUT2D eigenvalue weighted by molar-refractivity contribution is 5.76. The molecule has 0 bridgehead atoms. The van der Waals surface area contributed by atoms with Gasteiger partial charge in [-0.25, -0.2) is 0 Å². The molecule has 0 saturated carbocycles. The molecule has 14 nitrogen and oxygen atoms in total. The molecule has 0 fully saturated rings. The van der Waals surface area contributed by atoms with Crippen LogP contribution >= 0.6 is 0 Å². The summed E-state index contributed by atoms with van der Waals surface area (Å²) >= 11 is 0. The fourth-order valence-corrected chi connectivity index (χ4v) is 12.3. The van der Waals surface area contributed by atoms with Crippen LogP contribution in [0.25, 0.3) is 0 Å². The molecule has 1 unspecified atom stereocenters. The fourth-order valence-electron chi connectivity index (χ4n) is 12.3. The lowest BCUT2D eigenvalue weighted by Crippen LogP contribution is -2.32. The van der Waals surface area contributed by atoms with E-state index in [1.54, 1.807) is 0 Å². The van der Waals surface area contributed by atoms with Gasteiger partial charge in [0.15, 0.2) is 6.10 Å². The molecular formula is C87H136O14. The minimum absolute atomic E-state index is 0.0447. The highest BCUT2D eigenvalue weighted by Gasteiger charge is 2.33. The predicted octanol–water partition coefficient (Wildman–Crippen LogP) is 20.5. The molecule has 1 atom stereocenters. The molecule has 4 aromatic rings. The SMILES string of the molecule is CC(C)(C)c1cc(CC(=O)OCCOC(=O)Cc2cc(C(C)(C)C)c(O)c(C(C)(C)C)c2)cc(C(C)(C)C)c1O.CCCCCCCCCCCCCCCCCC(=O)OCC(COC(=O)Cc1cc(C(C)(C)C)c(O)c(C(C)(C)C)c1)OC(=O)Cc1cc(C(C)(C)C)c(O)c(C(C)(C)C)c1. The van der Waals surface area contributed by atoms with Crippen LogP contribution in [0.4, 0.5) is 0 Å². The zero-order valence-corrected chi connectivity index (χ0v) is 67.5. The van der Waals surface area contributed by atoms with Crippen LogP contribution < -0.4 is 0 Å². The van der Waals surface area contributed by atoms with Crippen LogP contribution in [0.3, 0.4) is 0 Å². The van der Waals surface area contributed by atoms with Gasteiger partial charge in [0.1, 0.15) is 49.4 Å². The lowest BCUT2D eigenvalue weighted by atomic mass is 9.78. The van der Waals surface area contributed by atoms with E-state index < -0.39 is 30.0 Å². The maximum Gasteiger partial charge on any atom is 0.310 e. The van der Waals surface area contributed by atoms with Crippen LogP contribution in [0.15, 0.2) is 48.5 Å². The second kappa shape index (κ2) is 38.3. The van der Waals surface area contributed by atoms with Gasteiger partial charge in [0.2, 0.25) is 0 Å². The molecule has 0 aliphatic heterocycles. The van der Waals surface area contributed by atoms with Crippen LogP contribution in [0.5, 0.6) is 23.0 Å². The summed E-state index contributed by atoms with van der Waals surface area (Å²) in [5, 5.41) is 44.1. The summed E-state index contributed by atoms with van der Waals surface area (Å²) in [5.74, 6) is -1.34. The van der Waals surface area contributed by atoms with E-state index in [0.717, 1.165) is 74.9 Å². The van der Waals surface area contributed by atoms with Gasteiger partial charge in [-0.05, 0) is 117 Å². The Bertz CT molecular complexity index is 3090. The molecule has 0 aliphatic carbocycles. The van der Waals surface area contributed by atoms with Crippen molar-refractivity contribution in [1.29, 1.82) is 0 Å². The van der Waals surface area contributed by atoms with Gasteiger partial charge in [0.05, 0.1) is 25.7 Å². The first-order valence-corrected chi connectivity index (χ1v) is 37.7. The third-order valence-corrected chi connectivity index (χ3v) is 18.3. The van der Waals surface area contributed by atoms with Crippen molar-refractivity contribution >= 4 is 29.8 Å². The third-order valence-electron chi connectivity index (χ3n) is 18.3. The number of ether oxygens (including phenoxy) is 5. The van der Waals surface area contributed by atoms with E-state index in [1.807, 2.05) is 215 Å². The Kier molecular flexibility index (Phi) is 33.6. The van der Waals surface area contributed by atoms with Gasteiger partial charge in [0.25, 0.3) is 0 Å². The van der Waals surface area contributed by atoms with E-state index in [0.29, 0.717) is 11.1 Å². The molecule has 0 saturated heterocycles. The van der Waals surface area contributed by atoms with Crippen LogP contribution in [-0.4, -0.2) is 82.8 Å². The third kappa shape index (κ3) is 30.7. The van der Waals surface area contributed by atoms with Gasteiger partial charge >= 0.3 is 29.8 Å². The molecule has 101 heavy (non-hydrogen) atoms. The molecule has 0 radical (unpaired) electrons. The van der Waals surface area contributed by atoms with E-state index in [2.05, 4.69) is 6.92 Å². The molecule has 0 spiro atoms. The molecule has 4 N–H and O–H groups in total. The quantitative estimate of drug-likeness (QED) is 0.0204. The Morgan fingerprint density at radius 2 is 0.485 bits per heavy atom. The van der Waals surface area contributed by atoms with Crippen molar-refractivity contribution < 1.29 is 68.1 Å². The van der Waals surface area contributed by atoms with Gasteiger partial charge in [-0.15, -0.1) is 0 Å². The van der Waals surface area contributed by atoms with Crippen molar-refractivity contribution in [1.82, 2.24) is 0 Å². The fraction of sp³-hybridized carbons (Fsp3) is 0.667. The first kappa shape index (κ1) is 88.6. The average molecular weight is 1410 g/mol. The zero-order valence-electron chi connectivity index (χ0n) is 67.5. The van der Waals surface area contributed by atoms with Gasteiger partial charge in [0, 0.05) is 6.42 Å². The monoisotopic (exact) mass is 1400 g/mol. The molecule has 14 heteroatoms. The van der Waals surface area contributed by atoms with Gasteiger partial charge in [-0.1, -0.05) is 312 Å². The highest BCUT2D eigenvalue weighted by Crippen LogP contribution is 2.44. The minimum Gasteiger partial charge on any atom is -0.507 e. The lowest BCUT2D eigenvalue weighted by Gasteiger charge is -2.28. The summed E-state index contributed by atoms with van der Waals surface area (Å²) in [7, 11) is 0. The van der Waals surface area contributed by atoms with Crippen molar-refractivity contribution in [3.05, 3.63) is 115 Å². The number of esters is 5. The zero-order chi connectivity index (χ0) is 76.9. The van der Waals surface area contributed by atoms with Crippen molar-refractivity contribution in [3.8, 4) is 23.0 Å². The number of phenols is 4. The molecular weight excluding hydrogens is 1270 g/mol. The lowest BCUT2D eigenvalue weighted by molar-refractivity contribution is -0.166. The van der Waals surface area contributed by atoms with Crippen LogP contribution in [-0.2, 0) is 117 Å². The first-order chi connectivity index (χ1) is 46.4. The van der Waals surface area contributed by atoms with Crippen LogP contribution in [0.2, 0.25) is 0 Å². The highest BCUT2D eigenvalue weighted by atomic mass is 16.6. The summed E-state index contributed by atoms with van der Waals surface area (Å²) in [6.07, 6.45) is 17.8. The van der Waals surface area contributed by atoms with Gasteiger partial charge in [-0.3, -0.25) is 24.0 Å². The first-order valence-electron chi connectivity index (χ1n) is 37.7.